The molecule has 1 aromatic rings. The molecule has 0 aliphatic heterocycles. The molecule has 1 aliphatic rings. The van der Waals surface area contributed by atoms with Gasteiger partial charge in [0.1, 0.15) is 0 Å². The molecule has 17 heavy (non-hydrogen) atoms. The van der Waals surface area contributed by atoms with Crippen LogP contribution in [0.25, 0.3) is 0 Å². The molecule has 1 aliphatic carbocycles. The summed E-state index contributed by atoms with van der Waals surface area (Å²) in [6.07, 6.45) is 4.84. The van der Waals surface area contributed by atoms with Crippen LogP contribution in [0.3, 0.4) is 0 Å². The molecule has 1 aromatic carbocycles. The zero-order valence-electron chi connectivity index (χ0n) is 10.9. The number of nitrogens with two attached hydrogens (primary N) is 1. The summed E-state index contributed by atoms with van der Waals surface area (Å²) in [6.45, 7) is 4.37. The third kappa shape index (κ3) is 3.55. The third-order valence-corrected chi connectivity index (χ3v) is 3.78. The third-order valence-electron chi connectivity index (χ3n) is 3.78. The zero-order valence-corrected chi connectivity index (χ0v) is 10.9. The fraction of sp³-hybridized carbons (Fsp3) is 0.600. The molecule has 0 aromatic heterocycles. The maximum absolute atomic E-state index is 6.02. The van der Waals surface area contributed by atoms with Crippen LogP contribution in [0.4, 0.5) is 0 Å². The largest absolute Gasteiger partial charge is 0.328 e. The summed E-state index contributed by atoms with van der Waals surface area (Å²) in [5, 5.41) is 3.70. The van der Waals surface area contributed by atoms with Crippen LogP contribution in [0.5, 0.6) is 0 Å². The second kappa shape index (κ2) is 5.65. The molecule has 2 unspecified atom stereocenters. The monoisotopic (exact) mass is 232 g/mol. The predicted octanol–water partition coefficient (Wildman–Crippen LogP) is 2.92. The minimum atomic E-state index is 0.395. The van der Waals surface area contributed by atoms with Crippen molar-refractivity contribution in [1.29, 1.82) is 0 Å². The Labute approximate surface area is 105 Å². The highest BCUT2D eigenvalue weighted by Crippen LogP contribution is 2.21. The molecule has 0 radical (unpaired) electrons. The van der Waals surface area contributed by atoms with Gasteiger partial charge in [0.25, 0.3) is 0 Å². The normalized spacial score (nSPS) is 26.8. The van der Waals surface area contributed by atoms with Crippen LogP contribution in [0.1, 0.15) is 49.8 Å². The number of hydrogen-bond acceptors (Lipinski definition) is 2. The van der Waals surface area contributed by atoms with E-state index in [1.165, 1.54) is 30.4 Å². The molecular weight excluding hydrogens is 208 g/mol. The molecule has 0 amide bonds. The predicted molar refractivity (Wildman–Crippen MR) is 73.0 cm³/mol. The van der Waals surface area contributed by atoms with Crippen molar-refractivity contribution in [3.8, 4) is 0 Å². The van der Waals surface area contributed by atoms with E-state index in [0.29, 0.717) is 18.1 Å². The fourth-order valence-corrected chi connectivity index (χ4v) is 2.68. The summed E-state index contributed by atoms with van der Waals surface area (Å²) in [7, 11) is 0. The van der Waals surface area contributed by atoms with E-state index in [1.54, 1.807) is 0 Å². The molecule has 1 saturated carbocycles. The van der Waals surface area contributed by atoms with Crippen LogP contribution >= 0.6 is 0 Å². The van der Waals surface area contributed by atoms with Crippen LogP contribution in [0, 0.1) is 6.92 Å². The molecule has 94 valence electrons. The van der Waals surface area contributed by atoms with E-state index >= 15 is 0 Å². The lowest BCUT2D eigenvalue weighted by Crippen LogP contribution is -2.40. The summed E-state index contributed by atoms with van der Waals surface area (Å²) in [5.74, 6) is 0. The van der Waals surface area contributed by atoms with Gasteiger partial charge in [0.2, 0.25) is 0 Å². The minimum Gasteiger partial charge on any atom is -0.328 e. The molecule has 3 atom stereocenters. The summed E-state index contributed by atoms with van der Waals surface area (Å²) in [6, 6.07) is 10.2. The lowest BCUT2D eigenvalue weighted by molar-refractivity contribution is 0.319. The van der Waals surface area contributed by atoms with E-state index in [2.05, 4.69) is 43.4 Å². The van der Waals surface area contributed by atoms with E-state index in [9.17, 15) is 0 Å². The number of aryl methyl sites for hydroxylation is 1. The summed E-state index contributed by atoms with van der Waals surface area (Å²) < 4.78 is 0. The van der Waals surface area contributed by atoms with Crippen molar-refractivity contribution in [3.05, 3.63) is 35.4 Å². The number of rotatable bonds is 3. The lowest BCUT2D eigenvalue weighted by Gasteiger charge is -2.30. The van der Waals surface area contributed by atoms with E-state index < -0.39 is 0 Å². The molecule has 0 heterocycles. The SMILES string of the molecule is Cc1ccc([C@H](C)NC2CCCC(N)C2)cc1. The van der Waals surface area contributed by atoms with E-state index in [1.807, 2.05) is 0 Å². The minimum absolute atomic E-state index is 0.395. The number of benzene rings is 1. The average molecular weight is 232 g/mol. The number of nitrogens with one attached hydrogen (secondary N) is 1. The van der Waals surface area contributed by atoms with Crippen molar-refractivity contribution in [1.82, 2.24) is 5.32 Å². The highest BCUT2D eigenvalue weighted by molar-refractivity contribution is 5.23. The second-order valence-electron chi connectivity index (χ2n) is 5.42. The quantitative estimate of drug-likeness (QED) is 0.841. The van der Waals surface area contributed by atoms with Gasteiger partial charge in [-0.1, -0.05) is 36.2 Å². The molecule has 1 fully saturated rings. The van der Waals surface area contributed by atoms with Gasteiger partial charge in [-0.25, -0.2) is 0 Å². The molecule has 2 rings (SSSR count). The second-order valence-corrected chi connectivity index (χ2v) is 5.42. The summed E-state index contributed by atoms with van der Waals surface area (Å²) >= 11 is 0. The Hall–Kier alpha value is -0.860. The van der Waals surface area contributed by atoms with Crippen molar-refractivity contribution < 1.29 is 0 Å². The molecular formula is C15H24N2. The van der Waals surface area contributed by atoms with Crippen LogP contribution in [0.15, 0.2) is 24.3 Å². The van der Waals surface area contributed by atoms with Crippen LogP contribution in [-0.2, 0) is 0 Å². The molecule has 0 spiro atoms. The van der Waals surface area contributed by atoms with Crippen molar-refractivity contribution >= 4 is 0 Å². The van der Waals surface area contributed by atoms with Crippen LogP contribution in [0.2, 0.25) is 0 Å². The van der Waals surface area contributed by atoms with Gasteiger partial charge in [0.15, 0.2) is 0 Å². The van der Waals surface area contributed by atoms with Gasteiger partial charge in [0, 0.05) is 18.1 Å². The Bertz CT molecular complexity index is 344. The zero-order chi connectivity index (χ0) is 12.3. The van der Waals surface area contributed by atoms with Gasteiger partial charge in [-0.05, 0) is 38.7 Å². The van der Waals surface area contributed by atoms with Gasteiger partial charge >= 0.3 is 0 Å². The fourth-order valence-electron chi connectivity index (χ4n) is 2.68. The maximum Gasteiger partial charge on any atom is 0.0294 e. The first kappa shape index (κ1) is 12.6. The molecule has 2 nitrogen and oxygen atoms in total. The summed E-state index contributed by atoms with van der Waals surface area (Å²) in [4.78, 5) is 0. The van der Waals surface area contributed by atoms with Crippen molar-refractivity contribution in [2.45, 2.75) is 57.7 Å². The highest BCUT2D eigenvalue weighted by atomic mass is 15.0. The van der Waals surface area contributed by atoms with Gasteiger partial charge < -0.3 is 11.1 Å². The summed E-state index contributed by atoms with van der Waals surface area (Å²) in [5.41, 5.74) is 8.71. The molecule has 0 saturated heterocycles. The first-order valence-electron chi connectivity index (χ1n) is 6.73. The molecule has 3 N–H and O–H groups in total. The lowest BCUT2D eigenvalue weighted by atomic mass is 9.90. The van der Waals surface area contributed by atoms with Crippen LogP contribution < -0.4 is 11.1 Å². The first-order valence-corrected chi connectivity index (χ1v) is 6.73. The van der Waals surface area contributed by atoms with Crippen molar-refractivity contribution in [2.75, 3.05) is 0 Å². The Kier molecular flexibility index (Phi) is 4.19. The molecule has 0 bridgehead atoms. The van der Waals surface area contributed by atoms with E-state index in [-0.39, 0.29) is 0 Å². The standard InChI is InChI=1S/C15H24N2/c1-11-6-8-13(9-7-11)12(2)17-15-5-3-4-14(16)10-15/h6-9,12,14-15,17H,3-5,10,16H2,1-2H3/t12-,14?,15?/m0/s1. The van der Waals surface area contributed by atoms with E-state index in [0.717, 1.165) is 6.42 Å². The topological polar surface area (TPSA) is 38.0 Å². The van der Waals surface area contributed by atoms with Gasteiger partial charge in [-0.2, -0.15) is 0 Å². The van der Waals surface area contributed by atoms with Crippen LogP contribution in [-0.4, -0.2) is 12.1 Å². The first-order chi connectivity index (χ1) is 8.15. The maximum atomic E-state index is 6.02. The molecule has 2 heteroatoms. The van der Waals surface area contributed by atoms with E-state index in [4.69, 9.17) is 5.73 Å². The highest BCUT2D eigenvalue weighted by Gasteiger charge is 2.20. The number of hydrogen-bond donors (Lipinski definition) is 2. The van der Waals surface area contributed by atoms with Crippen molar-refractivity contribution in [3.63, 3.8) is 0 Å². The van der Waals surface area contributed by atoms with Gasteiger partial charge in [-0.3, -0.25) is 0 Å². The van der Waals surface area contributed by atoms with Crippen molar-refractivity contribution in [2.24, 2.45) is 5.73 Å². The Morgan fingerprint density at radius 1 is 1.24 bits per heavy atom. The Morgan fingerprint density at radius 2 is 1.94 bits per heavy atom. The Morgan fingerprint density at radius 3 is 2.59 bits per heavy atom. The Balaban J connectivity index is 1.91. The van der Waals surface area contributed by atoms with Gasteiger partial charge in [-0.15, -0.1) is 0 Å². The smallest absolute Gasteiger partial charge is 0.0294 e. The van der Waals surface area contributed by atoms with Gasteiger partial charge in [0.05, 0.1) is 0 Å². The average Bonchev–Trinajstić information content (AvgIpc) is 2.29.